The van der Waals surface area contributed by atoms with Gasteiger partial charge in [-0.2, -0.15) is 0 Å². The second-order valence-corrected chi connectivity index (χ2v) is 5.97. The van der Waals surface area contributed by atoms with E-state index in [0.717, 1.165) is 19.3 Å². The molecular formula is C14H28N2O2. The number of amides is 1. The quantitative estimate of drug-likeness (QED) is 0.784. The van der Waals surface area contributed by atoms with Crippen molar-refractivity contribution in [1.29, 1.82) is 0 Å². The van der Waals surface area contributed by atoms with Crippen LogP contribution in [0.3, 0.4) is 0 Å². The molecule has 0 aromatic rings. The van der Waals surface area contributed by atoms with E-state index in [4.69, 9.17) is 10.5 Å². The van der Waals surface area contributed by atoms with Gasteiger partial charge in [0.1, 0.15) is 0 Å². The molecular weight excluding hydrogens is 228 g/mol. The monoisotopic (exact) mass is 256 g/mol. The second kappa shape index (κ2) is 7.10. The molecule has 18 heavy (non-hydrogen) atoms. The van der Waals surface area contributed by atoms with E-state index in [9.17, 15) is 4.79 Å². The van der Waals surface area contributed by atoms with Crippen LogP contribution in [-0.2, 0) is 9.53 Å². The maximum Gasteiger partial charge on any atom is 0.223 e. The van der Waals surface area contributed by atoms with Crippen molar-refractivity contribution in [3.8, 4) is 0 Å². The normalized spacial score (nSPS) is 30.2. The maximum absolute atomic E-state index is 12.3. The van der Waals surface area contributed by atoms with E-state index in [1.165, 1.54) is 0 Å². The molecule has 4 atom stereocenters. The van der Waals surface area contributed by atoms with Crippen LogP contribution in [-0.4, -0.2) is 31.7 Å². The summed E-state index contributed by atoms with van der Waals surface area (Å²) in [5, 5.41) is 3.12. The molecule has 1 aliphatic rings. The van der Waals surface area contributed by atoms with Crippen LogP contribution in [0.25, 0.3) is 0 Å². The van der Waals surface area contributed by atoms with Crippen LogP contribution in [0.1, 0.15) is 40.0 Å². The lowest BCUT2D eigenvalue weighted by atomic mass is 9.77. The Kier molecular flexibility index (Phi) is 6.09. The smallest absolute Gasteiger partial charge is 0.223 e. The Morgan fingerprint density at radius 1 is 1.44 bits per heavy atom. The van der Waals surface area contributed by atoms with Crippen molar-refractivity contribution in [1.82, 2.24) is 5.32 Å². The van der Waals surface area contributed by atoms with Crippen molar-refractivity contribution in [2.24, 2.45) is 23.5 Å². The molecule has 4 heteroatoms. The fourth-order valence-electron chi connectivity index (χ4n) is 2.59. The molecule has 0 aromatic heterocycles. The van der Waals surface area contributed by atoms with Gasteiger partial charge in [0.15, 0.2) is 0 Å². The summed E-state index contributed by atoms with van der Waals surface area (Å²) >= 11 is 0. The summed E-state index contributed by atoms with van der Waals surface area (Å²) in [7, 11) is 1.67. The van der Waals surface area contributed by atoms with Crippen molar-refractivity contribution >= 4 is 5.91 Å². The fraction of sp³-hybridized carbons (Fsp3) is 0.929. The standard InChI is InChI=1S/C14H28N2O2/c1-9(2)13(8-18-4)16-14(17)12-7-11(15)6-5-10(12)3/h9-13H,5-8,15H2,1-4H3,(H,16,17). The highest BCUT2D eigenvalue weighted by atomic mass is 16.5. The first-order valence-electron chi connectivity index (χ1n) is 7.00. The van der Waals surface area contributed by atoms with Gasteiger partial charge in [-0.3, -0.25) is 4.79 Å². The molecule has 1 fully saturated rings. The summed E-state index contributed by atoms with van der Waals surface area (Å²) in [6, 6.07) is 0.268. The van der Waals surface area contributed by atoms with Crippen LogP contribution in [0, 0.1) is 17.8 Å². The zero-order chi connectivity index (χ0) is 13.7. The number of hydrogen-bond donors (Lipinski definition) is 2. The molecule has 0 aliphatic heterocycles. The Balaban J connectivity index is 2.56. The highest BCUT2D eigenvalue weighted by molar-refractivity contribution is 5.79. The van der Waals surface area contributed by atoms with Crippen LogP contribution < -0.4 is 11.1 Å². The van der Waals surface area contributed by atoms with Crippen LogP contribution in [0.4, 0.5) is 0 Å². The molecule has 4 unspecified atom stereocenters. The molecule has 0 spiro atoms. The zero-order valence-electron chi connectivity index (χ0n) is 12.1. The average molecular weight is 256 g/mol. The highest BCUT2D eigenvalue weighted by Gasteiger charge is 2.32. The second-order valence-electron chi connectivity index (χ2n) is 5.97. The Labute approximate surface area is 111 Å². The largest absolute Gasteiger partial charge is 0.383 e. The molecule has 1 amide bonds. The molecule has 0 bridgehead atoms. The number of rotatable bonds is 5. The Bertz CT molecular complexity index is 269. The Morgan fingerprint density at radius 2 is 2.11 bits per heavy atom. The lowest BCUT2D eigenvalue weighted by Crippen LogP contribution is -2.48. The SMILES string of the molecule is COCC(NC(=O)C1CC(N)CCC1C)C(C)C. The number of methoxy groups -OCH3 is 1. The van der Waals surface area contributed by atoms with Crippen molar-refractivity contribution in [3.63, 3.8) is 0 Å². The number of carbonyl (C=O) groups excluding carboxylic acids is 1. The minimum Gasteiger partial charge on any atom is -0.383 e. The molecule has 106 valence electrons. The van der Waals surface area contributed by atoms with Gasteiger partial charge in [0.25, 0.3) is 0 Å². The molecule has 3 N–H and O–H groups in total. The predicted octanol–water partition coefficient (Wildman–Crippen LogP) is 1.54. The van der Waals surface area contributed by atoms with Gasteiger partial charge < -0.3 is 15.8 Å². The first-order valence-corrected chi connectivity index (χ1v) is 7.00. The van der Waals surface area contributed by atoms with E-state index < -0.39 is 0 Å². The minimum absolute atomic E-state index is 0.0619. The molecule has 0 saturated heterocycles. The number of carbonyl (C=O) groups is 1. The van der Waals surface area contributed by atoms with Crippen molar-refractivity contribution in [2.45, 2.75) is 52.1 Å². The average Bonchev–Trinajstić information content (AvgIpc) is 2.31. The van der Waals surface area contributed by atoms with E-state index in [1.807, 2.05) is 0 Å². The van der Waals surface area contributed by atoms with Gasteiger partial charge in [-0.05, 0) is 31.1 Å². The van der Waals surface area contributed by atoms with E-state index in [0.29, 0.717) is 18.4 Å². The third-order valence-corrected chi connectivity index (χ3v) is 4.05. The Hall–Kier alpha value is -0.610. The van der Waals surface area contributed by atoms with Gasteiger partial charge >= 0.3 is 0 Å². The number of hydrogen-bond acceptors (Lipinski definition) is 3. The number of nitrogens with one attached hydrogen (secondary N) is 1. The van der Waals surface area contributed by atoms with Gasteiger partial charge in [-0.25, -0.2) is 0 Å². The summed E-state index contributed by atoms with van der Waals surface area (Å²) in [6.45, 7) is 6.91. The summed E-state index contributed by atoms with van der Waals surface area (Å²) in [5.74, 6) is 1.02. The lowest BCUT2D eigenvalue weighted by Gasteiger charge is -2.33. The van der Waals surface area contributed by atoms with Crippen LogP contribution >= 0.6 is 0 Å². The predicted molar refractivity (Wildman–Crippen MR) is 73.1 cm³/mol. The van der Waals surface area contributed by atoms with Gasteiger partial charge in [0, 0.05) is 19.1 Å². The zero-order valence-corrected chi connectivity index (χ0v) is 12.1. The summed E-state index contributed by atoms with van der Waals surface area (Å²) in [4.78, 5) is 12.3. The van der Waals surface area contributed by atoms with E-state index in [1.54, 1.807) is 7.11 Å². The van der Waals surface area contributed by atoms with Gasteiger partial charge in [0.05, 0.1) is 12.6 Å². The third-order valence-electron chi connectivity index (χ3n) is 4.05. The molecule has 1 aliphatic carbocycles. The Morgan fingerprint density at radius 3 is 2.67 bits per heavy atom. The van der Waals surface area contributed by atoms with Crippen LogP contribution in [0.2, 0.25) is 0 Å². The first-order chi connectivity index (χ1) is 8.45. The highest BCUT2D eigenvalue weighted by Crippen LogP contribution is 2.29. The molecule has 1 rings (SSSR count). The van der Waals surface area contributed by atoms with Crippen molar-refractivity contribution in [3.05, 3.63) is 0 Å². The lowest BCUT2D eigenvalue weighted by molar-refractivity contribution is -0.129. The van der Waals surface area contributed by atoms with Gasteiger partial charge in [-0.15, -0.1) is 0 Å². The summed E-state index contributed by atoms with van der Waals surface area (Å²) in [5.41, 5.74) is 5.97. The molecule has 4 nitrogen and oxygen atoms in total. The minimum atomic E-state index is 0.0619. The third kappa shape index (κ3) is 4.25. The molecule has 1 saturated carbocycles. The maximum atomic E-state index is 12.3. The number of ether oxygens (including phenoxy) is 1. The topological polar surface area (TPSA) is 64.3 Å². The van der Waals surface area contributed by atoms with E-state index in [-0.39, 0.29) is 23.9 Å². The van der Waals surface area contributed by atoms with Crippen molar-refractivity contribution < 1.29 is 9.53 Å². The van der Waals surface area contributed by atoms with Crippen LogP contribution in [0.15, 0.2) is 0 Å². The van der Waals surface area contributed by atoms with E-state index >= 15 is 0 Å². The molecule has 0 heterocycles. The van der Waals surface area contributed by atoms with E-state index in [2.05, 4.69) is 26.1 Å². The molecule has 0 radical (unpaired) electrons. The summed E-state index contributed by atoms with van der Waals surface area (Å²) in [6.07, 6.45) is 2.90. The summed E-state index contributed by atoms with van der Waals surface area (Å²) < 4.78 is 5.16. The first kappa shape index (κ1) is 15.4. The number of nitrogens with two attached hydrogens (primary N) is 1. The fourth-order valence-corrected chi connectivity index (χ4v) is 2.59. The van der Waals surface area contributed by atoms with Crippen LogP contribution in [0.5, 0.6) is 0 Å². The van der Waals surface area contributed by atoms with Gasteiger partial charge in [-0.1, -0.05) is 20.8 Å². The molecule has 0 aromatic carbocycles. The van der Waals surface area contributed by atoms with Crippen molar-refractivity contribution in [2.75, 3.05) is 13.7 Å². The van der Waals surface area contributed by atoms with Gasteiger partial charge in [0.2, 0.25) is 5.91 Å².